The highest BCUT2D eigenvalue weighted by Crippen LogP contribution is 2.49. The molecule has 4 saturated heterocycles. The molecule has 27 heteroatoms. The van der Waals surface area contributed by atoms with Crippen LogP contribution in [-0.4, -0.2) is 139 Å². The first-order valence-corrected chi connectivity index (χ1v) is 32.8. The summed E-state index contributed by atoms with van der Waals surface area (Å²) in [5, 5.41) is 21.0. The van der Waals surface area contributed by atoms with Gasteiger partial charge in [0.2, 0.25) is 0 Å². The molecule has 8 heterocycles. The maximum absolute atomic E-state index is 12.3. The number of aliphatic hydroxyl groups is 1. The third-order valence-electron chi connectivity index (χ3n) is 15.5. The van der Waals surface area contributed by atoms with Crippen molar-refractivity contribution in [3.63, 3.8) is 0 Å². The van der Waals surface area contributed by atoms with Crippen molar-refractivity contribution in [2.75, 3.05) is 40.6 Å². The van der Waals surface area contributed by atoms with Gasteiger partial charge in [-0.15, -0.1) is 11.3 Å². The molecular formula is C62H61BrCl4N4O16S2. The van der Waals surface area contributed by atoms with Crippen molar-refractivity contribution in [1.82, 2.24) is 20.3 Å². The van der Waals surface area contributed by atoms with Gasteiger partial charge in [0.15, 0.2) is 10.0 Å². The predicted molar refractivity (Wildman–Crippen MR) is 336 cm³/mol. The number of nitrogens with zero attached hydrogens (tertiary/aromatic N) is 4. The van der Waals surface area contributed by atoms with Crippen molar-refractivity contribution in [3.8, 4) is 39.2 Å². The molecule has 4 aromatic heterocycles. The number of carbonyl (C=O) groups is 2. The van der Waals surface area contributed by atoms with E-state index in [0.717, 1.165) is 67.2 Å². The van der Waals surface area contributed by atoms with Crippen LogP contribution in [0.4, 0.5) is 0 Å². The fourth-order valence-corrected chi connectivity index (χ4v) is 14.6. The quantitative estimate of drug-likeness (QED) is 0.0786. The van der Waals surface area contributed by atoms with Crippen molar-refractivity contribution in [2.24, 2.45) is 0 Å². The lowest BCUT2D eigenvalue weighted by molar-refractivity contribution is -0.0441. The summed E-state index contributed by atoms with van der Waals surface area (Å²) in [7, 11) is 2.70. The lowest BCUT2D eigenvalue weighted by Gasteiger charge is -2.17. The first-order valence-electron chi connectivity index (χ1n) is 28.9. The standard InChI is InChI=1S/C31H30Cl2N2O8S.C19H19Cl2NO5.C12H12BrNO3S/c1-14(2)41-20-9-16(30(36)37-3)10-23-26(20)34-31(44-23)42-22-13-40-28-21(12-39-29(22)28)38-11-17-25(35-43-27(17)15-7-8-15)24-18(32)5-4-6-19(24)33;20-11-2-1-3-12(21)15(11)16-10(17(27-22-16)9-4-5-9)6-24-14-8-26-18-13(23)7-25-19(14)18;1-6(2)17-8-4-7(11(15)16-3)5-9-10(8)14-12(13)18-9/h4-6,9-10,14-15,21-22,28-29H,7-8,11-13H2,1-3H3;1-3,9,13-14,18-19,23H,4-8H2;4-6H,1-3H3/t21-,22+,28+,29+;13-,14+,18-,19-;/m01./s1. The number of hydrogen-bond acceptors (Lipinski definition) is 22. The van der Waals surface area contributed by atoms with E-state index >= 15 is 0 Å². The van der Waals surface area contributed by atoms with Crippen molar-refractivity contribution in [1.29, 1.82) is 0 Å². The third-order valence-corrected chi connectivity index (χ3v) is 19.1. The normalized spacial score (nSPS) is 22.7. The number of rotatable bonds is 18. The van der Waals surface area contributed by atoms with Gasteiger partial charge < -0.3 is 66.3 Å². The highest BCUT2D eigenvalue weighted by Gasteiger charge is 2.51. The Balaban J connectivity index is 0.000000145. The first-order chi connectivity index (χ1) is 42.9. The van der Waals surface area contributed by atoms with Crippen LogP contribution >= 0.6 is 85.0 Å². The molecule has 472 valence electrons. The van der Waals surface area contributed by atoms with Crippen LogP contribution in [0.1, 0.15) is 109 Å². The van der Waals surface area contributed by atoms with Crippen LogP contribution in [0.3, 0.4) is 0 Å². The molecule has 2 aliphatic carbocycles. The fraction of sp³-hybridized carbons (Fsp3) is 0.452. The molecule has 0 radical (unpaired) electrons. The summed E-state index contributed by atoms with van der Waals surface area (Å²) in [5.74, 6) is 2.59. The summed E-state index contributed by atoms with van der Waals surface area (Å²) < 4.78 is 77.5. The maximum Gasteiger partial charge on any atom is 0.338 e. The van der Waals surface area contributed by atoms with Gasteiger partial charge >= 0.3 is 11.9 Å². The number of aromatic nitrogens is 4. The highest BCUT2D eigenvalue weighted by molar-refractivity contribution is 9.11. The van der Waals surface area contributed by atoms with E-state index in [-0.39, 0.29) is 74.1 Å². The molecule has 2 saturated carbocycles. The van der Waals surface area contributed by atoms with Crippen molar-refractivity contribution in [3.05, 3.63) is 118 Å². The molecule has 14 rings (SSSR count). The molecule has 20 nitrogen and oxygen atoms in total. The minimum atomic E-state index is -0.598. The molecule has 0 spiro atoms. The Morgan fingerprint density at radius 3 is 1.51 bits per heavy atom. The van der Waals surface area contributed by atoms with E-state index in [4.69, 9.17) is 108 Å². The molecule has 0 amide bonds. The van der Waals surface area contributed by atoms with Crippen molar-refractivity contribution < 1.29 is 75.8 Å². The van der Waals surface area contributed by atoms with Gasteiger partial charge in [0.1, 0.15) is 88.2 Å². The maximum atomic E-state index is 12.3. The van der Waals surface area contributed by atoms with Gasteiger partial charge in [-0.25, -0.2) is 14.6 Å². The average molecular weight is 1400 g/mol. The summed E-state index contributed by atoms with van der Waals surface area (Å²) >= 11 is 31.9. The molecule has 6 fully saturated rings. The van der Waals surface area contributed by atoms with E-state index in [1.54, 1.807) is 60.7 Å². The zero-order valence-corrected chi connectivity index (χ0v) is 55.1. The van der Waals surface area contributed by atoms with Crippen molar-refractivity contribution >= 4 is 117 Å². The van der Waals surface area contributed by atoms with Gasteiger partial charge in [0.05, 0.1) is 107 Å². The Morgan fingerprint density at radius 2 is 1.03 bits per heavy atom. The zero-order valence-electron chi connectivity index (χ0n) is 48.8. The summed E-state index contributed by atoms with van der Waals surface area (Å²) in [5.41, 5.74) is 6.44. The van der Waals surface area contributed by atoms with Crippen LogP contribution in [0.5, 0.6) is 16.7 Å². The zero-order chi connectivity index (χ0) is 62.4. The molecule has 89 heavy (non-hydrogen) atoms. The second kappa shape index (κ2) is 27.5. The monoisotopic (exact) mass is 1400 g/mol. The van der Waals surface area contributed by atoms with Gasteiger partial charge in [-0.05, 0) is 118 Å². The second-order valence-electron chi connectivity index (χ2n) is 22.5. The summed E-state index contributed by atoms with van der Waals surface area (Å²) in [6.45, 7) is 9.54. The van der Waals surface area contributed by atoms with E-state index < -0.39 is 12.1 Å². The number of methoxy groups -OCH3 is 2. The number of fused-ring (bicyclic) bond motifs is 4. The highest BCUT2D eigenvalue weighted by atomic mass is 79.9. The van der Waals surface area contributed by atoms with Crippen molar-refractivity contribution in [2.45, 2.75) is 139 Å². The molecule has 6 aliphatic rings. The van der Waals surface area contributed by atoms with Crippen LogP contribution in [0, 0.1) is 0 Å². The van der Waals surface area contributed by atoms with E-state index in [1.165, 1.54) is 36.9 Å². The Bertz CT molecular complexity index is 3850. The van der Waals surface area contributed by atoms with Crippen LogP contribution in [-0.2, 0) is 51.1 Å². The van der Waals surface area contributed by atoms with E-state index in [9.17, 15) is 14.7 Å². The molecule has 0 bridgehead atoms. The minimum Gasteiger partial charge on any atom is -0.489 e. The smallest absolute Gasteiger partial charge is 0.338 e. The molecule has 4 aromatic carbocycles. The summed E-state index contributed by atoms with van der Waals surface area (Å²) in [4.78, 5) is 32.9. The van der Waals surface area contributed by atoms with E-state index in [1.807, 2.05) is 27.7 Å². The number of hydrogen-bond donors (Lipinski definition) is 1. The average Bonchev–Trinajstić information content (AvgIpc) is 1.92. The Labute approximate surface area is 547 Å². The van der Waals surface area contributed by atoms with E-state index in [2.05, 4.69) is 36.2 Å². The van der Waals surface area contributed by atoms with Crippen LogP contribution < -0.4 is 14.2 Å². The number of halogens is 5. The Hall–Kier alpha value is -5.22. The van der Waals surface area contributed by atoms with Crippen LogP contribution in [0.15, 0.2) is 73.6 Å². The third kappa shape index (κ3) is 13.9. The molecule has 1 N–H and O–H groups in total. The topological polar surface area (TPSA) is 234 Å². The molecular weight excluding hydrogens is 1340 g/mol. The summed E-state index contributed by atoms with van der Waals surface area (Å²) in [6.07, 6.45) is 1.33. The fourth-order valence-electron chi connectivity index (χ4n) is 11.0. The van der Waals surface area contributed by atoms with Crippen LogP contribution in [0.2, 0.25) is 20.1 Å². The van der Waals surface area contributed by atoms with Gasteiger partial charge in [-0.1, -0.05) is 80.2 Å². The second-order valence-corrected chi connectivity index (χ2v) is 27.4. The number of esters is 2. The van der Waals surface area contributed by atoms with E-state index in [0.29, 0.717) is 114 Å². The number of thiazole rings is 2. The SMILES string of the molecule is COC(=O)c1cc(OC(C)C)c2nc(Br)sc2c1.COC(=O)c1cc(OC(C)C)c2nc(O[C@@H]3CO[C@H]4[C@@H]3OC[C@@H]4OCc3c(-c4c(Cl)cccc4Cl)noc3C3CC3)sc2c1.O[C@@H]1CO[C@H]2[C@@H]1OC[C@@H]2OCc1c(-c2c(Cl)cccc2Cl)noc1C1CC1. The minimum absolute atomic E-state index is 0.0153. The lowest BCUT2D eigenvalue weighted by atomic mass is 10.0. The number of ether oxygens (including phenoxy) is 11. The number of aliphatic hydroxyl groups excluding tert-OH is 1. The molecule has 4 aliphatic heterocycles. The Kier molecular flexibility index (Phi) is 19.8. The first kappa shape index (κ1) is 63.9. The predicted octanol–water partition coefficient (Wildman–Crippen LogP) is 14.0. The molecule has 0 unspecified atom stereocenters. The molecule has 8 atom stereocenters. The van der Waals surface area contributed by atoms with Gasteiger partial charge in [0.25, 0.3) is 5.19 Å². The summed E-state index contributed by atoms with van der Waals surface area (Å²) in [6, 6.07) is 17.5. The van der Waals surface area contributed by atoms with Gasteiger partial charge in [0, 0.05) is 34.1 Å². The van der Waals surface area contributed by atoms with Crippen LogP contribution in [0.25, 0.3) is 42.9 Å². The lowest BCUT2D eigenvalue weighted by Crippen LogP contribution is -2.35. The Morgan fingerprint density at radius 1 is 0.607 bits per heavy atom. The number of benzene rings is 4. The van der Waals surface area contributed by atoms with Gasteiger partial charge in [-0.3, -0.25) is 0 Å². The van der Waals surface area contributed by atoms with Gasteiger partial charge in [-0.2, -0.15) is 4.98 Å². The molecule has 8 aromatic rings. The largest absolute Gasteiger partial charge is 0.489 e. The number of carbonyl (C=O) groups excluding carboxylic acids is 2.